The molecule has 1 N–H and O–H groups in total. The molecule has 0 fully saturated rings. The molecule has 2 aromatic carbocycles. The van der Waals surface area contributed by atoms with Crippen molar-refractivity contribution in [3.05, 3.63) is 71.3 Å². The van der Waals surface area contributed by atoms with Crippen molar-refractivity contribution in [1.29, 1.82) is 0 Å². The smallest absolute Gasteiger partial charge is 0.258 e. The van der Waals surface area contributed by atoms with Crippen LogP contribution in [0.1, 0.15) is 42.3 Å². The maximum atomic E-state index is 12.8. The number of benzene rings is 2. The van der Waals surface area contributed by atoms with Gasteiger partial charge in [-0.1, -0.05) is 42.3 Å². The first-order valence-electron chi connectivity index (χ1n) is 7.59. The molecule has 1 unspecified atom stereocenters. The molecule has 0 bridgehead atoms. The predicted octanol–water partition coefficient (Wildman–Crippen LogP) is 3.14. The summed E-state index contributed by atoms with van der Waals surface area (Å²) in [5, 5.41) is 11.3. The van der Waals surface area contributed by atoms with Crippen LogP contribution >= 0.6 is 0 Å². The van der Waals surface area contributed by atoms with Gasteiger partial charge in [-0.05, 0) is 44.9 Å². The number of hydrogen-bond acceptors (Lipinski definition) is 2. The fourth-order valence-electron chi connectivity index (χ4n) is 2.96. The molecule has 23 heavy (non-hydrogen) atoms. The molecular formula is C20H19NO2. The Morgan fingerprint density at radius 1 is 1.00 bits per heavy atom. The van der Waals surface area contributed by atoms with Crippen molar-refractivity contribution in [2.75, 3.05) is 0 Å². The van der Waals surface area contributed by atoms with Crippen LogP contribution in [0.25, 0.3) is 0 Å². The van der Waals surface area contributed by atoms with Gasteiger partial charge in [-0.3, -0.25) is 9.69 Å². The number of rotatable bonds is 0. The average molecular weight is 305 g/mol. The van der Waals surface area contributed by atoms with E-state index in [2.05, 4.69) is 11.8 Å². The molecule has 0 saturated carbocycles. The number of carbonyl (C=O) groups excluding carboxylic acids is 1. The Bertz CT molecular complexity index is 809. The van der Waals surface area contributed by atoms with Crippen LogP contribution in [-0.2, 0) is 5.72 Å². The van der Waals surface area contributed by atoms with Gasteiger partial charge in [0.15, 0.2) is 0 Å². The molecule has 1 heterocycles. The fourth-order valence-corrected chi connectivity index (χ4v) is 2.96. The van der Waals surface area contributed by atoms with Gasteiger partial charge in [0.25, 0.3) is 5.91 Å². The summed E-state index contributed by atoms with van der Waals surface area (Å²) in [5.41, 5.74) is -0.333. The van der Waals surface area contributed by atoms with Crippen molar-refractivity contribution in [3.63, 3.8) is 0 Å². The summed E-state index contributed by atoms with van der Waals surface area (Å²) in [6.07, 6.45) is 0. The molecule has 116 valence electrons. The van der Waals surface area contributed by atoms with Crippen molar-refractivity contribution < 1.29 is 9.90 Å². The zero-order valence-electron chi connectivity index (χ0n) is 13.5. The van der Waals surface area contributed by atoms with E-state index >= 15 is 0 Å². The summed E-state index contributed by atoms with van der Waals surface area (Å²) in [6.45, 7) is 5.68. The molecule has 1 aliphatic rings. The molecule has 3 heteroatoms. The van der Waals surface area contributed by atoms with E-state index in [9.17, 15) is 9.90 Å². The van der Waals surface area contributed by atoms with Crippen LogP contribution in [0.5, 0.6) is 0 Å². The van der Waals surface area contributed by atoms with Crippen molar-refractivity contribution in [2.45, 2.75) is 32.0 Å². The first kappa shape index (κ1) is 15.3. The Labute approximate surface area is 136 Å². The quantitative estimate of drug-likeness (QED) is 0.760. The van der Waals surface area contributed by atoms with Crippen LogP contribution in [0, 0.1) is 11.8 Å². The zero-order chi connectivity index (χ0) is 16.7. The maximum Gasteiger partial charge on any atom is 0.258 e. The molecule has 0 radical (unpaired) electrons. The van der Waals surface area contributed by atoms with E-state index in [1.165, 1.54) is 4.90 Å². The standard InChI is InChI=1S/C20H19NO2/c1-19(2,3)21-18(22)16-11-7-8-12-17(16)20(21,23)14-13-15-9-5-4-6-10-15/h4-12,23H,1-3H3. The molecule has 1 amide bonds. The van der Waals surface area contributed by atoms with Gasteiger partial charge < -0.3 is 5.11 Å². The third-order valence-corrected chi connectivity index (χ3v) is 3.89. The third-order valence-electron chi connectivity index (χ3n) is 3.89. The topological polar surface area (TPSA) is 40.5 Å². The van der Waals surface area contributed by atoms with Gasteiger partial charge >= 0.3 is 0 Å². The van der Waals surface area contributed by atoms with Crippen molar-refractivity contribution in [2.24, 2.45) is 0 Å². The Morgan fingerprint density at radius 2 is 1.61 bits per heavy atom. The molecule has 1 atom stereocenters. The van der Waals surface area contributed by atoms with Gasteiger partial charge in [0.1, 0.15) is 0 Å². The number of fused-ring (bicyclic) bond motifs is 1. The van der Waals surface area contributed by atoms with Gasteiger partial charge in [-0.25, -0.2) is 0 Å². The molecule has 3 nitrogen and oxygen atoms in total. The Balaban J connectivity index is 2.17. The lowest BCUT2D eigenvalue weighted by Gasteiger charge is -2.40. The van der Waals surface area contributed by atoms with Crippen LogP contribution in [0.4, 0.5) is 0 Å². The molecule has 1 aliphatic heterocycles. The van der Waals surface area contributed by atoms with Crippen molar-refractivity contribution in [1.82, 2.24) is 4.90 Å². The molecule has 0 aliphatic carbocycles. The highest BCUT2D eigenvalue weighted by molar-refractivity contribution is 6.00. The van der Waals surface area contributed by atoms with E-state index in [-0.39, 0.29) is 5.91 Å². The molecule has 0 aromatic heterocycles. The van der Waals surface area contributed by atoms with Gasteiger partial charge in [0.2, 0.25) is 5.72 Å². The lowest BCUT2D eigenvalue weighted by molar-refractivity contribution is -0.0746. The Kier molecular flexibility index (Phi) is 3.50. The lowest BCUT2D eigenvalue weighted by Crippen LogP contribution is -2.53. The van der Waals surface area contributed by atoms with Gasteiger partial charge in [0.05, 0.1) is 0 Å². The second kappa shape index (κ2) is 5.26. The minimum Gasteiger partial charge on any atom is -0.357 e. The Hall–Kier alpha value is -2.57. The van der Waals surface area contributed by atoms with Crippen molar-refractivity contribution in [3.8, 4) is 11.8 Å². The minimum atomic E-state index is -1.62. The number of amides is 1. The molecule has 3 rings (SSSR count). The molecule has 2 aromatic rings. The Morgan fingerprint density at radius 3 is 2.26 bits per heavy atom. The maximum absolute atomic E-state index is 12.8. The summed E-state index contributed by atoms with van der Waals surface area (Å²) in [6, 6.07) is 16.6. The largest absolute Gasteiger partial charge is 0.357 e. The zero-order valence-corrected chi connectivity index (χ0v) is 13.5. The monoisotopic (exact) mass is 305 g/mol. The lowest BCUT2D eigenvalue weighted by atomic mass is 9.98. The van der Waals surface area contributed by atoms with E-state index in [0.717, 1.165) is 5.56 Å². The molecule has 0 saturated heterocycles. The minimum absolute atomic E-state index is 0.196. The normalized spacial score (nSPS) is 20.0. The predicted molar refractivity (Wildman–Crippen MR) is 89.6 cm³/mol. The molecular weight excluding hydrogens is 286 g/mol. The SMILES string of the molecule is CC(C)(C)N1C(=O)c2ccccc2C1(O)C#Cc1ccccc1. The number of carbonyl (C=O) groups is 1. The third kappa shape index (κ3) is 2.52. The first-order chi connectivity index (χ1) is 10.8. The number of hydrogen-bond donors (Lipinski definition) is 1. The van der Waals surface area contributed by atoms with Crippen LogP contribution in [0.15, 0.2) is 54.6 Å². The summed E-state index contributed by atoms with van der Waals surface area (Å²) >= 11 is 0. The summed E-state index contributed by atoms with van der Waals surface area (Å²) < 4.78 is 0. The highest BCUT2D eigenvalue weighted by Gasteiger charge is 2.52. The van der Waals surface area contributed by atoms with E-state index in [0.29, 0.717) is 11.1 Å². The van der Waals surface area contributed by atoms with Crippen LogP contribution in [0.2, 0.25) is 0 Å². The van der Waals surface area contributed by atoms with E-state index in [1.54, 1.807) is 18.2 Å². The van der Waals surface area contributed by atoms with Gasteiger partial charge in [0, 0.05) is 22.2 Å². The highest BCUT2D eigenvalue weighted by atomic mass is 16.3. The summed E-state index contributed by atoms with van der Waals surface area (Å²) in [5.74, 6) is 5.73. The van der Waals surface area contributed by atoms with Gasteiger partial charge in [-0.15, -0.1) is 0 Å². The van der Waals surface area contributed by atoms with Crippen molar-refractivity contribution >= 4 is 5.91 Å². The van der Waals surface area contributed by atoms with Crippen LogP contribution in [-0.4, -0.2) is 21.5 Å². The second-order valence-electron chi connectivity index (χ2n) is 6.65. The number of aliphatic hydroxyl groups is 1. The van der Waals surface area contributed by atoms with Crippen LogP contribution in [0.3, 0.4) is 0 Å². The second-order valence-corrected chi connectivity index (χ2v) is 6.65. The summed E-state index contributed by atoms with van der Waals surface area (Å²) in [4.78, 5) is 14.2. The molecule has 0 spiro atoms. The number of nitrogens with zero attached hydrogens (tertiary/aromatic N) is 1. The van der Waals surface area contributed by atoms with E-state index in [4.69, 9.17) is 0 Å². The van der Waals surface area contributed by atoms with Crippen LogP contribution < -0.4 is 0 Å². The van der Waals surface area contributed by atoms with Gasteiger partial charge in [-0.2, -0.15) is 0 Å². The van der Waals surface area contributed by atoms with E-state index < -0.39 is 11.3 Å². The summed E-state index contributed by atoms with van der Waals surface area (Å²) in [7, 11) is 0. The fraction of sp³-hybridized carbons (Fsp3) is 0.250. The van der Waals surface area contributed by atoms with E-state index in [1.807, 2.05) is 57.2 Å². The highest BCUT2D eigenvalue weighted by Crippen LogP contribution is 2.41. The first-order valence-corrected chi connectivity index (χ1v) is 7.59. The average Bonchev–Trinajstić information content (AvgIpc) is 2.75.